The van der Waals surface area contributed by atoms with Crippen LogP contribution in [0.1, 0.15) is 23.6 Å². The van der Waals surface area contributed by atoms with Crippen molar-refractivity contribution in [2.45, 2.75) is 18.8 Å². The summed E-state index contributed by atoms with van der Waals surface area (Å²) in [5, 5.41) is 9.05. The van der Waals surface area contributed by atoms with Crippen molar-refractivity contribution in [2.75, 3.05) is 13.1 Å². The van der Waals surface area contributed by atoms with E-state index in [1.54, 1.807) is 6.20 Å². The van der Waals surface area contributed by atoms with E-state index >= 15 is 0 Å². The minimum atomic E-state index is -0.797. The van der Waals surface area contributed by atoms with Gasteiger partial charge in [0.25, 0.3) is 0 Å². The van der Waals surface area contributed by atoms with Crippen molar-refractivity contribution in [2.24, 2.45) is 5.92 Å². The molecule has 2 atom stereocenters. The first kappa shape index (κ1) is 9.63. The third kappa shape index (κ3) is 1.45. The fourth-order valence-corrected chi connectivity index (χ4v) is 3.01. The quantitative estimate of drug-likeness (QED) is 0.721. The molecule has 1 amide bonds. The molecule has 84 valence electrons. The van der Waals surface area contributed by atoms with Gasteiger partial charge in [-0.3, -0.25) is 4.98 Å². The molecule has 1 aromatic heterocycles. The second-order valence-electron chi connectivity index (χ2n) is 4.74. The van der Waals surface area contributed by atoms with Crippen LogP contribution in [0, 0.1) is 5.92 Å². The summed E-state index contributed by atoms with van der Waals surface area (Å²) in [6.07, 6.45) is 3.07. The van der Waals surface area contributed by atoms with Gasteiger partial charge in [-0.15, -0.1) is 0 Å². The van der Waals surface area contributed by atoms with Crippen LogP contribution in [-0.4, -0.2) is 34.2 Å². The molecule has 0 saturated carbocycles. The highest BCUT2D eigenvalue weighted by atomic mass is 16.4. The number of fused-ring (bicyclic) bond motifs is 4. The number of carbonyl (C=O) groups is 1. The third-order valence-corrected chi connectivity index (χ3v) is 3.63. The van der Waals surface area contributed by atoms with Crippen LogP contribution in [-0.2, 0) is 6.42 Å². The Balaban J connectivity index is 1.94. The van der Waals surface area contributed by atoms with Crippen LogP contribution >= 0.6 is 0 Å². The summed E-state index contributed by atoms with van der Waals surface area (Å²) in [4.78, 5) is 17.0. The summed E-state index contributed by atoms with van der Waals surface area (Å²) in [5.74, 6) is 0.784. The zero-order valence-corrected chi connectivity index (χ0v) is 8.97. The van der Waals surface area contributed by atoms with Crippen molar-refractivity contribution in [1.29, 1.82) is 0 Å². The van der Waals surface area contributed by atoms with Crippen molar-refractivity contribution in [1.82, 2.24) is 9.88 Å². The summed E-state index contributed by atoms with van der Waals surface area (Å²) < 4.78 is 0. The molecule has 4 heteroatoms. The number of hydrogen-bond acceptors (Lipinski definition) is 2. The van der Waals surface area contributed by atoms with E-state index in [2.05, 4.69) is 11.1 Å². The number of rotatable bonds is 0. The molecule has 0 aromatic carbocycles. The van der Waals surface area contributed by atoms with Crippen LogP contribution in [0.25, 0.3) is 0 Å². The van der Waals surface area contributed by atoms with Crippen LogP contribution < -0.4 is 0 Å². The largest absolute Gasteiger partial charge is 0.465 e. The van der Waals surface area contributed by atoms with Crippen LogP contribution in [0.2, 0.25) is 0 Å². The summed E-state index contributed by atoms with van der Waals surface area (Å²) in [6.45, 7) is 1.29. The predicted octanol–water partition coefficient (Wildman–Crippen LogP) is 1.72. The maximum Gasteiger partial charge on any atom is 0.407 e. The Morgan fingerprint density at radius 1 is 1.50 bits per heavy atom. The molecule has 2 aliphatic rings. The lowest BCUT2D eigenvalue weighted by Gasteiger charge is -2.40. The van der Waals surface area contributed by atoms with Gasteiger partial charge in [0.2, 0.25) is 0 Å². The summed E-state index contributed by atoms with van der Waals surface area (Å²) in [7, 11) is 0. The van der Waals surface area contributed by atoms with Crippen LogP contribution in [0.4, 0.5) is 4.79 Å². The lowest BCUT2D eigenvalue weighted by molar-refractivity contribution is 0.107. The van der Waals surface area contributed by atoms with Crippen molar-refractivity contribution < 1.29 is 9.90 Å². The van der Waals surface area contributed by atoms with E-state index in [1.807, 2.05) is 6.07 Å². The molecular weight excluding hydrogens is 204 g/mol. The third-order valence-electron chi connectivity index (χ3n) is 3.63. The Hall–Kier alpha value is -1.58. The Labute approximate surface area is 93.9 Å². The number of pyridine rings is 1. The average molecular weight is 218 g/mol. The molecule has 1 aliphatic heterocycles. The first-order valence-electron chi connectivity index (χ1n) is 5.65. The zero-order valence-electron chi connectivity index (χ0n) is 8.97. The molecule has 0 radical (unpaired) electrons. The average Bonchev–Trinajstić information content (AvgIpc) is 2.28. The van der Waals surface area contributed by atoms with Crippen LogP contribution in [0.3, 0.4) is 0 Å². The van der Waals surface area contributed by atoms with E-state index in [0.717, 1.165) is 18.5 Å². The smallest absolute Gasteiger partial charge is 0.407 e. The SMILES string of the molecule is O=C(O)N1CC2Cc3cccnc3C(C2)C1. The normalized spacial score (nSPS) is 27.4. The Bertz CT molecular complexity index is 433. The minimum Gasteiger partial charge on any atom is -0.465 e. The molecule has 2 unspecified atom stereocenters. The minimum absolute atomic E-state index is 0.305. The van der Waals surface area contributed by atoms with Crippen molar-refractivity contribution in [3.8, 4) is 0 Å². The van der Waals surface area contributed by atoms with E-state index in [4.69, 9.17) is 5.11 Å². The van der Waals surface area contributed by atoms with Gasteiger partial charge in [0, 0.05) is 30.9 Å². The van der Waals surface area contributed by atoms with E-state index < -0.39 is 6.09 Å². The van der Waals surface area contributed by atoms with Gasteiger partial charge in [0.15, 0.2) is 0 Å². The maximum absolute atomic E-state index is 11.0. The Morgan fingerprint density at radius 3 is 3.19 bits per heavy atom. The molecule has 1 aromatic rings. The number of aromatic nitrogens is 1. The second kappa shape index (κ2) is 3.47. The first-order chi connectivity index (χ1) is 7.74. The lowest BCUT2D eigenvalue weighted by Crippen LogP contribution is -2.45. The highest BCUT2D eigenvalue weighted by Gasteiger charge is 2.36. The topological polar surface area (TPSA) is 53.4 Å². The number of amides is 1. The molecule has 0 spiro atoms. The Morgan fingerprint density at radius 2 is 2.38 bits per heavy atom. The molecule has 1 N–H and O–H groups in total. The molecule has 1 saturated heterocycles. The fourth-order valence-electron chi connectivity index (χ4n) is 3.01. The number of nitrogens with zero attached hydrogens (tertiary/aromatic N) is 2. The molecule has 1 aliphatic carbocycles. The maximum atomic E-state index is 11.0. The van der Waals surface area contributed by atoms with Crippen LogP contribution in [0.15, 0.2) is 18.3 Å². The molecule has 1 fully saturated rings. The van der Waals surface area contributed by atoms with Crippen molar-refractivity contribution in [3.05, 3.63) is 29.6 Å². The van der Waals surface area contributed by atoms with Gasteiger partial charge in [-0.2, -0.15) is 0 Å². The van der Waals surface area contributed by atoms with E-state index in [0.29, 0.717) is 24.9 Å². The molecule has 2 heterocycles. The number of piperidine rings is 1. The lowest BCUT2D eigenvalue weighted by atomic mass is 9.76. The molecular formula is C12H14N2O2. The zero-order chi connectivity index (χ0) is 11.1. The van der Waals surface area contributed by atoms with Gasteiger partial charge in [0.05, 0.1) is 0 Å². The molecule has 16 heavy (non-hydrogen) atoms. The standard InChI is InChI=1S/C12H14N2O2/c15-12(16)14-6-8-4-9-2-1-3-13-11(9)10(5-8)7-14/h1-3,8,10H,4-7H2,(H,15,16). The van der Waals surface area contributed by atoms with Crippen molar-refractivity contribution >= 4 is 6.09 Å². The summed E-state index contributed by atoms with van der Waals surface area (Å²) >= 11 is 0. The van der Waals surface area contributed by atoms with Crippen LogP contribution in [0.5, 0.6) is 0 Å². The molecule has 3 rings (SSSR count). The van der Waals surface area contributed by atoms with Gasteiger partial charge < -0.3 is 10.0 Å². The number of hydrogen-bond donors (Lipinski definition) is 1. The highest BCUT2D eigenvalue weighted by Crippen LogP contribution is 2.37. The fraction of sp³-hybridized carbons (Fsp3) is 0.500. The molecule has 2 bridgehead atoms. The van der Waals surface area contributed by atoms with E-state index in [9.17, 15) is 4.79 Å². The van der Waals surface area contributed by atoms with Gasteiger partial charge >= 0.3 is 6.09 Å². The predicted molar refractivity (Wildman–Crippen MR) is 58.4 cm³/mol. The van der Waals surface area contributed by atoms with Gasteiger partial charge in [-0.25, -0.2) is 4.79 Å². The summed E-state index contributed by atoms with van der Waals surface area (Å²) in [5.41, 5.74) is 2.43. The summed E-state index contributed by atoms with van der Waals surface area (Å²) in [6, 6.07) is 4.09. The van der Waals surface area contributed by atoms with Crippen molar-refractivity contribution in [3.63, 3.8) is 0 Å². The van der Waals surface area contributed by atoms with Gasteiger partial charge in [0.1, 0.15) is 0 Å². The highest BCUT2D eigenvalue weighted by molar-refractivity contribution is 5.65. The Kier molecular flexibility index (Phi) is 2.09. The van der Waals surface area contributed by atoms with Gasteiger partial charge in [-0.1, -0.05) is 6.07 Å². The van der Waals surface area contributed by atoms with E-state index in [-0.39, 0.29) is 0 Å². The van der Waals surface area contributed by atoms with E-state index in [1.165, 1.54) is 10.5 Å². The number of carboxylic acid groups (broad SMARTS) is 1. The molecule has 4 nitrogen and oxygen atoms in total. The first-order valence-corrected chi connectivity index (χ1v) is 5.65. The van der Waals surface area contributed by atoms with Gasteiger partial charge in [-0.05, 0) is 30.4 Å². The monoisotopic (exact) mass is 218 g/mol. The second-order valence-corrected chi connectivity index (χ2v) is 4.74. The number of likely N-dealkylation sites (tertiary alicyclic amines) is 1.